The molecule has 13 nitrogen and oxygen atoms in total. The average Bonchev–Trinajstić information content (AvgIpc) is 3.77. The first-order valence-corrected chi connectivity index (χ1v) is 20.6. The summed E-state index contributed by atoms with van der Waals surface area (Å²) in [4.78, 5) is 59.0. The highest BCUT2D eigenvalue weighted by molar-refractivity contribution is 6.20. The van der Waals surface area contributed by atoms with Crippen LogP contribution in [0.2, 0.25) is 0 Å². The fourth-order valence-corrected chi connectivity index (χ4v) is 9.56. The number of aromatic nitrogens is 3. The molecule has 4 aromatic rings. The SMILES string of the molecule is CCc1cc2c(cc1N1CCN(C(=O)CCCN3C[C@H](NC(=O)[C@@H](N)CCCc4cncnc4N)C4(CC4)C3)CC1)C(C)(C)c1[nH]c3cc(C#N)ccc3c1C2=O. The Morgan fingerprint density at radius 2 is 1.89 bits per heavy atom. The fourth-order valence-electron chi connectivity index (χ4n) is 9.56. The second-order valence-electron chi connectivity index (χ2n) is 17.1. The third-order valence-corrected chi connectivity index (χ3v) is 13.2. The van der Waals surface area contributed by atoms with Crippen LogP contribution < -0.4 is 21.7 Å². The first kappa shape index (κ1) is 38.5. The summed E-state index contributed by atoms with van der Waals surface area (Å²) in [6.45, 7) is 11.8. The quantitative estimate of drug-likeness (QED) is 0.163. The van der Waals surface area contributed by atoms with Crippen LogP contribution in [0, 0.1) is 16.7 Å². The Morgan fingerprint density at radius 1 is 1.11 bits per heavy atom. The van der Waals surface area contributed by atoms with Gasteiger partial charge in [0, 0.05) is 102 Å². The molecule has 2 amide bonds. The van der Waals surface area contributed by atoms with E-state index in [-0.39, 0.29) is 29.1 Å². The number of benzene rings is 2. The lowest BCUT2D eigenvalue weighted by molar-refractivity contribution is -0.131. The van der Waals surface area contributed by atoms with Gasteiger partial charge in [0.2, 0.25) is 11.8 Å². The van der Waals surface area contributed by atoms with Crippen molar-refractivity contribution in [3.8, 4) is 6.07 Å². The van der Waals surface area contributed by atoms with Crippen molar-refractivity contribution in [1.82, 2.24) is 30.1 Å². The van der Waals surface area contributed by atoms with E-state index in [4.69, 9.17) is 11.5 Å². The molecular formula is C44H54N10O3. The first-order valence-electron chi connectivity index (χ1n) is 20.6. The van der Waals surface area contributed by atoms with Crippen molar-refractivity contribution in [2.45, 2.75) is 89.6 Å². The zero-order valence-electron chi connectivity index (χ0n) is 33.4. The van der Waals surface area contributed by atoms with Crippen molar-refractivity contribution in [2.24, 2.45) is 11.1 Å². The van der Waals surface area contributed by atoms with Gasteiger partial charge < -0.3 is 36.5 Å². The number of hydrogen-bond donors (Lipinski definition) is 4. The molecule has 1 saturated carbocycles. The molecule has 2 aromatic carbocycles. The van der Waals surface area contributed by atoms with E-state index in [1.54, 1.807) is 12.3 Å². The molecule has 2 saturated heterocycles. The van der Waals surface area contributed by atoms with Gasteiger partial charge in [-0.3, -0.25) is 14.4 Å². The van der Waals surface area contributed by atoms with Crippen molar-refractivity contribution in [2.75, 3.05) is 56.4 Å². The molecular weight excluding hydrogens is 717 g/mol. The molecule has 57 heavy (non-hydrogen) atoms. The summed E-state index contributed by atoms with van der Waals surface area (Å²) < 4.78 is 0. The van der Waals surface area contributed by atoms with Gasteiger partial charge in [-0.15, -0.1) is 0 Å². The minimum absolute atomic E-state index is 0.0194. The van der Waals surface area contributed by atoms with Crippen LogP contribution in [-0.2, 0) is 27.8 Å². The first-order chi connectivity index (χ1) is 27.4. The van der Waals surface area contributed by atoms with E-state index in [1.807, 2.05) is 17.0 Å². The Bertz CT molecular complexity index is 2260. The van der Waals surface area contributed by atoms with E-state index in [9.17, 15) is 19.6 Å². The molecule has 13 heteroatoms. The molecule has 0 radical (unpaired) electrons. The second kappa shape index (κ2) is 15.2. The zero-order valence-corrected chi connectivity index (χ0v) is 33.4. The molecule has 0 unspecified atom stereocenters. The van der Waals surface area contributed by atoms with Crippen LogP contribution >= 0.6 is 0 Å². The lowest BCUT2D eigenvalue weighted by Gasteiger charge is -2.39. The normalized spacial score (nSPS) is 20.0. The number of likely N-dealkylation sites (tertiary alicyclic amines) is 1. The van der Waals surface area contributed by atoms with Crippen LogP contribution in [0.1, 0.15) is 103 Å². The monoisotopic (exact) mass is 770 g/mol. The molecule has 6 N–H and O–H groups in total. The Labute approximate surface area is 334 Å². The third-order valence-electron chi connectivity index (χ3n) is 13.2. The van der Waals surface area contributed by atoms with E-state index < -0.39 is 11.5 Å². The number of rotatable bonds is 12. The Balaban J connectivity index is 0.830. The molecule has 298 valence electrons. The maximum atomic E-state index is 14.1. The van der Waals surface area contributed by atoms with E-state index in [0.717, 1.165) is 109 Å². The minimum Gasteiger partial charge on any atom is -0.383 e. The summed E-state index contributed by atoms with van der Waals surface area (Å²) in [5.41, 5.74) is 19.7. The summed E-state index contributed by atoms with van der Waals surface area (Å²) in [6, 6.07) is 11.5. The highest BCUT2D eigenvalue weighted by Gasteiger charge is 2.55. The number of amides is 2. The number of aryl methyl sites for hydroxylation is 2. The smallest absolute Gasteiger partial charge is 0.237 e. The van der Waals surface area contributed by atoms with Crippen molar-refractivity contribution < 1.29 is 14.4 Å². The number of ketones is 1. The Morgan fingerprint density at radius 3 is 2.61 bits per heavy atom. The van der Waals surface area contributed by atoms with Crippen molar-refractivity contribution in [3.05, 3.63) is 81.9 Å². The number of piperazine rings is 1. The third kappa shape index (κ3) is 7.25. The number of aromatic amines is 1. The number of H-pyrrole nitrogens is 1. The predicted molar refractivity (Wildman–Crippen MR) is 220 cm³/mol. The van der Waals surface area contributed by atoms with Crippen molar-refractivity contribution >= 4 is 40.0 Å². The van der Waals surface area contributed by atoms with Crippen molar-refractivity contribution in [3.63, 3.8) is 0 Å². The van der Waals surface area contributed by atoms with E-state index in [1.165, 1.54) is 6.33 Å². The maximum Gasteiger partial charge on any atom is 0.237 e. The molecule has 2 atom stereocenters. The molecule has 4 heterocycles. The van der Waals surface area contributed by atoms with Crippen LogP contribution in [0.4, 0.5) is 11.5 Å². The largest absolute Gasteiger partial charge is 0.383 e. The number of carbonyl (C=O) groups is 3. The highest BCUT2D eigenvalue weighted by Crippen LogP contribution is 2.53. The van der Waals surface area contributed by atoms with Gasteiger partial charge in [-0.05, 0) is 86.9 Å². The van der Waals surface area contributed by atoms with Gasteiger partial charge in [-0.25, -0.2) is 9.97 Å². The van der Waals surface area contributed by atoms with Gasteiger partial charge in [0.25, 0.3) is 0 Å². The van der Waals surface area contributed by atoms with Gasteiger partial charge in [0.1, 0.15) is 12.1 Å². The molecule has 2 aromatic heterocycles. The van der Waals surface area contributed by atoms with Gasteiger partial charge in [0.05, 0.1) is 23.2 Å². The van der Waals surface area contributed by atoms with E-state index >= 15 is 0 Å². The van der Waals surface area contributed by atoms with Crippen LogP contribution in [0.15, 0.2) is 42.9 Å². The lowest BCUT2D eigenvalue weighted by atomic mass is 9.70. The zero-order chi connectivity index (χ0) is 40.1. The number of anilines is 2. The van der Waals surface area contributed by atoms with Crippen LogP contribution in [-0.4, -0.2) is 100 Å². The highest BCUT2D eigenvalue weighted by atomic mass is 16.2. The van der Waals surface area contributed by atoms with E-state index in [0.29, 0.717) is 49.3 Å². The molecule has 2 aliphatic carbocycles. The molecule has 4 aliphatic rings. The maximum absolute atomic E-state index is 14.1. The number of nitrogens with one attached hydrogen (secondary N) is 2. The molecule has 1 spiro atoms. The van der Waals surface area contributed by atoms with Crippen LogP contribution in [0.25, 0.3) is 10.9 Å². The standard InChI is InChI=1S/C44H54N10O3/c1-4-28-20-31-32(43(2,3)40-38(39(31)56)30-11-10-27(22-45)19-34(30)50-40)21-35(28)53-15-17-54(18-16-53)37(55)9-6-14-52-24-36(44(25-52)12-13-44)51-42(57)33(46)8-5-7-29-23-48-26-49-41(29)47/h10-11,19-21,23,26,33,36,50H,4-9,12-18,24-25,46H2,1-3H3,(H,51,57)(H2,47,48,49)/t33-,36-/m0/s1. The Hall–Kier alpha value is -5.32. The fraction of sp³-hybridized carbons (Fsp3) is 0.500. The average molecular weight is 771 g/mol. The summed E-state index contributed by atoms with van der Waals surface area (Å²) in [6.07, 6.45) is 9.39. The topological polar surface area (TPSA) is 190 Å². The molecule has 0 bridgehead atoms. The minimum atomic E-state index is -0.579. The summed E-state index contributed by atoms with van der Waals surface area (Å²) >= 11 is 0. The second-order valence-corrected chi connectivity index (χ2v) is 17.1. The van der Waals surface area contributed by atoms with Gasteiger partial charge in [0.15, 0.2) is 5.78 Å². The van der Waals surface area contributed by atoms with Gasteiger partial charge >= 0.3 is 0 Å². The van der Waals surface area contributed by atoms with Crippen molar-refractivity contribution in [1.29, 1.82) is 5.26 Å². The molecule has 2 aliphatic heterocycles. The van der Waals surface area contributed by atoms with Gasteiger partial charge in [-0.2, -0.15) is 5.26 Å². The van der Waals surface area contributed by atoms with Gasteiger partial charge in [-0.1, -0.05) is 26.8 Å². The predicted octanol–water partition coefficient (Wildman–Crippen LogP) is 4.20. The van der Waals surface area contributed by atoms with E-state index in [2.05, 4.69) is 69.0 Å². The summed E-state index contributed by atoms with van der Waals surface area (Å²) in [7, 11) is 0. The Kier molecular flexibility index (Phi) is 10.3. The van der Waals surface area contributed by atoms with Crippen LogP contribution in [0.3, 0.4) is 0 Å². The number of hydrogen-bond acceptors (Lipinski definition) is 10. The molecule has 8 rings (SSSR count). The summed E-state index contributed by atoms with van der Waals surface area (Å²) in [5, 5.41) is 13.6. The molecule has 3 fully saturated rings. The number of nitrogens with two attached hydrogens (primary N) is 2. The summed E-state index contributed by atoms with van der Waals surface area (Å²) in [5.74, 6) is 0.576. The van der Waals surface area contributed by atoms with Crippen LogP contribution in [0.5, 0.6) is 0 Å². The number of nitrogens with zero attached hydrogens (tertiary/aromatic N) is 6. The number of nitriles is 1. The number of nitrogen functional groups attached to an aromatic ring is 1. The number of carbonyl (C=O) groups excluding carboxylic acids is 3. The number of fused-ring (bicyclic) bond motifs is 4. The lowest BCUT2D eigenvalue weighted by Crippen LogP contribution is -2.49.